The molecule has 0 aliphatic carbocycles. The van der Waals surface area contributed by atoms with Crippen LogP contribution in [0.1, 0.15) is 290 Å². The first kappa shape index (κ1) is 62.4. The van der Waals surface area contributed by atoms with Gasteiger partial charge in [-0.3, -0.25) is 14.4 Å². The number of unbranched alkanes of at least 4 members (excludes halogenated alkanes) is 32. The maximum absolute atomic E-state index is 12.8. The Bertz CT molecular complexity index is 1140. The lowest BCUT2D eigenvalue weighted by Gasteiger charge is -2.18. The van der Waals surface area contributed by atoms with Crippen molar-refractivity contribution in [3.8, 4) is 0 Å². The molecule has 0 amide bonds. The molecule has 0 N–H and O–H groups in total. The van der Waals surface area contributed by atoms with Gasteiger partial charge in [0, 0.05) is 19.3 Å². The monoisotopic (exact) mass is 911 g/mol. The minimum Gasteiger partial charge on any atom is -0.462 e. The molecule has 0 aliphatic rings. The summed E-state index contributed by atoms with van der Waals surface area (Å²) in [5, 5.41) is 0. The lowest BCUT2D eigenvalue weighted by atomic mass is 10.0. The number of rotatable bonds is 51. The van der Waals surface area contributed by atoms with Crippen LogP contribution in [-0.4, -0.2) is 37.2 Å². The average molecular weight is 911 g/mol. The largest absolute Gasteiger partial charge is 0.462 e. The zero-order valence-electron chi connectivity index (χ0n) is 43.3. The van der Waals surface area contributed by atoms with Gasteiger partial charge in [0.2, 0.25) is 0 Å². The van der Waals surface area contributed by atoms with Gasteiger partial charge in [-0.2, -0.15) is 0 Å². The molecular weight excluding hydrogens is 805 g/mol. The average Bonchev–Trinajstić information content (AvgIpc) is 3.30. The third-order valence-electron chi connectivity index (χ3n) is 12.3. The van der Waals surface area contributed by atoms with Crippen molar-refractivity contribution in [3.05, 3.63) is 48.6 Å². The minimum atomic E-state index is -0.781. The molecule has 0 heterocycles. The highest BCUT2D eigenvalue weighted by molar-refractivity contribution is 5.71. The van der Waals surface area contributed by atoms with Crippen LogP contribution in [0.25, 0.3) is 0 Å². The van der Waals surface area contributed by atoms with E-state index in [4.69, 9.17) is 14.2 Å². The van der Waals surface area contributed by atoms with Gasteiger partial charge in [0.25, 0.3) is 0 Å². The topological polar surface area (TPSA) is 78.9 Å². The molecule has 1 unspecified atom stereocenters. The molecule has 65 heavy (non-hydrogen) atoms. The van der Waals surface area contributed by atoms with Crippen LogP contribution >= 0.6 is 0 Å². The van der Waals surface area contributed by atoms with E-state index in [1.807, 2.05) is 0 Å². The third-order valence-corrected chi connectivity index (χ3v) is 12.3. The standard InChI is InChI=1S/C59H106O6/c1-4-7-10-13-16-19-22-24-26-28-29-31-32-34-37-40-43-46-49-52-58(61)64-55-56(54-63-57(60)51-48-45-42-39-36-21-18-15-12-9-6-3)65-59(62)53-50-47-44-41-38-35-33-30-27-25-23-20-17-14-11-8-5-2/h8,11,17,20,25,27,33,35,56H,4-7,9-10,12-16,18-19,21-24,26,28-32,34,36-55H2,1-3H3/b11-8-,20-17-,27-25-,35-33-. The lowest BCUT2D eigenvalue weighted by Crippen LogP contribution is -2.30. The van der Waals surface area contributed by atoms with Crippen LogP contribution in [0.15, 0.2) is 48.6 Å². The first-order valence-corrected chi connectivity index (χ1v) is 28.1. The van der Waals surface area contributed by atoms with Gasteiger partial charge in [-0.1, -0.05) is 262 Å². The van der Waals surface area contributed by atoms with Gasteiger partial charge in [0.15, 0.2) is 6.10 Å². The molecule has 1 atom stereocenters. The molecule has 0 spiro atoms. The van der Waals surface area contributed by atoms with Gasteiger partial charge < -0.3 is 14.2 Å². The van der Waals surface area contributed by atoms with Crippen molar-refractivity contribution in [2.24, 2.45) is 0 Å². The Morgan fingerprint density at radius 1 is 0.323 bits per heavy atom. The Morgan fingerprint density at radius 3 is 0.938 bits per heavy atom. The number of carbonyl (C=O) groups is 3. The molecule has 6 nitrogen and oxygen atoms in total. The molecule has 0 radical (unpaired) electrons. The quantitative estimate of drug-likeness (QED) is 0.0262. The summed E-state index contributed by atoms with van der Waals surface area (Å²) >= 11 is 0. The molecule has 0 aromatic carbocycles. The minimum absolute atomic E-state index is 0.0791. The van der Waals surface area contributed by atoms with E-state index in [0.717, 1.165) is 96.3 Å². The fourth-order valence-electron chi connectivity index (χ4n) is 8.14. The molecule has 0 aromatic rings. The maximum atomic E-state index is 12.8. The van der Waals surface area contributed by atoms with Gasteiger partial charge in [-0.25, -0.2) is 0 Å². The van der Waals surface area contributed by atoms with Crippen molar-refractivity contribution in [2.45, 2.75) is 297 Å². The fourth-order valence-corrected chi connectivity index (χ4v) is 8.14. The summed E-state index contributed by atoms with van der Waals surface area (Å²) in [6.07, 6.45) is 65.3. The molecular formula is C59H106O6. The van der Waals surface area contributed by atoms with E-state index >= 15 is 0 Å². The summed E-state index contributed by atoms with van der Waals surface area (Å²) < 4.78 is 16.8. The summed E-state index contributed by atoms with van der Waals surface area (Å²) in [5.74, 6) is -0.889. The summed E-state index contributed by atoms with van der Waals surface area (Å²) in [6.45, 7) is 6.53. The highest BCUT2D eigenvalue weighted by atomic mass is 16.6. The molecule has 0 aliphatic heterocycles. The zero-order chi connectivity index (χ0) is 47.2. The highest BCUT2D eigenvalue weighted by Crippen LogP contribution is 2.16. The van der Waals surface area contributed by atoms with E-state index in [2.05, 4.69) is 69.4 Å². The molecule has 0 aromatic heterocycles. The Labute approximate surface area is 403 Å². The van der Waals surface area contributed by atoms with Crippen LogP contribution in [0, 0.1) is 0 Å². The Kier molecular flexibility index (Phi) is 51.8. The highest BCUT2D eigenvalue weighted by Gasteiger charge is 2.19. The Morgan fingerprint density at radius 2 is 0.600 bits per heavy atom. The Balaban J connectivity index is 4.33. The number of hydrogen-bond acceptors (Lipinski definition) is 6. The predicted octanol–water partition coefficient (Wildman–Crippen LogP) is 18.7. The van der Waals surface area contributed by atoms with Gasteiger partial charge >= 0.3 is 17.9 Å². The molecule has 0 saturated heterocycles. The van der Waals surface area contributed by atoms with E-state index < -0.39 is 6.10 Å². The van der Waals surface area contributed by atoms with E-state index in [-0.39, 0.29) is 31.1 Å². The molecule has 0 rings (SSSR count). The number of carbonyl (C=O) groups excluding carboxylic acids is 3. The van der Waals surface area contributed by atoms with Gasteiger partial charge in [-0.15, -0.1) is 0 Å². The van der Waals surface area contributed by atoms with Crippen LogP contribution < -0.4 is 0 Å². The lowest BCUT2D eigenvalue weighted by molar-refractivity contribution is -0.167. The Hall–Kier alpha value is -2.63. The van der Waals surface area contributed by atoms with E-state index in [9.17, 15) is 14.4 Å². The number of esters is 3. The second-order valence-corrected chi connectivity index (χ2v) is 18.8. The molecule has 0 saturated carbocycles. The molecule has 0 fully saturated rings. The predicted molar refractivity (Wildman–Crippen MR) is 279 cm³/mol. The molecule has 378 valence electrons. The normalized spacial score (nSPS) is 12.4. The number of allylic oxidation sites excluding steroid dienone is 8. The van der Waals surface area contributed by atoms with Crippen LogP contribution in [0.4, 0.5) is 0 Å². The third kappa shape index (κ3) is 52.2. The summed E-state index contributed by atoms with van der Waals surface area (Å²) in [4.78, 5) is 38.1. The van der Waals surface area contributed by atoms with Crippen LogP contribution in [0.2, 0.25) is 0 Å². The number of ether oxygens (including phenoxy) is 3. The van der Waals surface area contributed by atoms with Crippen molar-refractivity contribution in [3.63, 3.8) is 0 Å². The van der Waals surface area contributed by atoms with Crippen LogP contribution in [0.3, 0.4) is 0 Å². The van der Waals surface area contributed by atoms with Crippen LogP contribution in [0.5, 0.6) is 0 Å². The fraction of sp³-hybridized carbons (Fsp3) is 0.814. The summed E-state index contributed by atoms with van der Waals surface area (Å²) in [7, 11) is 0. The summed E-state index contributed by atoms with van der Waals surface area (Å²) in [6, 6.07) is 0. The van der Waals surface area contributed by atoms with Crippen molar-refractivity contribution >= 4 is 17.9 Å². The second kappa shape index (κ2) is 54.0. The van der Waals surface area contributed by atoms with Crippen molar-refractivity contribution in [1.82, 2.24) is 0 Å². The van der Waals surface area contributed by atoms with Gasteiger partial charge in [0.05, 0.1) is 0 Å². The van der Waals surface area contributed by atoms with Crippen LogP contribution in [-0.2, 0) is 28.6 Å². The zero-order valence-corrected chi connectivity index (χ0v) is 43.3. The van der Waals surface area contributed by atoms with Crippen molar-refractivity contribution in [2.75, 3.05) is 13.2 Å². The van der Waals surface area contributed by atoms with E-state index in [1.165, 1.54) is 154 Å². The SMILES string of the molecule is CC/C=C\C/C=C\C/C=C\C/C=C\CCCCCCC(=O)OC(COC(=O)CCCCCCCCCCCCC)COC(=O)CCCCCCCCCCCCCCCCCCCCC. The van der Waals surface area contributed by atoms with Crippen molar-refractivity contribution < 1.29 is 28.6 Å². The maximum Gasteiger partial charge on any atom is 0.306 e. The van der Waals surface area contributed by atoms with Gasteiger partial charge in [-0.05, 0) is 57.8 Å². The first-order valence-electron chi connectivity index (χ1n) is 28.1. The smallest absolute Gasteiger partial charge is 0.306 e. The molecule has 0 bridgehead atoms. The van der Waals surface area contributed by atoms with E-state index in [1.54, 1.807) is 0 Å². The first-order chi connectivity index (χ1) is 32.0. The summed E-state index contributed by atoms with van der Waals surface area (Å²) in [5.41, 5.74) is 0. The second-order valence-electron chi connectivity index (χ2n) is 18.8. The molecule has 6 heteroatoms. The van der Waals surface area contributed by atoms with E-state index in [0.29, 0.717) is 19.3 Å². The number of hydrogen-bond donors (Lipinski definition) is 0. The van der Waals surface area contributed by atoms with Crippen molar-refractivity contribution in [1.29, 1.82) is 0 Å². The van der Waals surface area contributed by atoms with Gasteiger partial charge in [0.1, 0.15) is 13.2 Å².